The van der Waals surface area contributed by atoms with E-state index in [-0.39, 0.29) is 7.43 Å². The van der Waals surface area contributed by atoms with Crippen molar-refractivity contribution in [3.63, 3.8) is 0 Å². The van der Waals surface area contributed by atoms with Crippen molar-refractivity contribution >= 4 is 0 Å². The van der Waals surface area contributed by atoms with Crippen molar-refractivity contribution in [2.45, 2.75) is 40.2 Å². The van der Waals surface area contributed by atoms with E-state index in [1.807, 2.05) is 0 Å². The van der Waals surface area contributed by atoms with Crippen molar-refractivity contribution in [2.24, 2.45) is 5.92 Å². The number of hydrogen-bond donors (Lipinski definition) is 1. The maximum Gasteiger partial charge on any atom is 0.0549 e. The van der Waals surface area contributed by atoms with E-state index in [0.717, 1.165) is 19.6 Å². The highest BCUT2D eigenvalue weighted by Gasteiger charge is 2.13. The van der Waals surface area contributed by atoms with Crippen LogP contribution in [0.15, 0.2) is 0 Å². The molecule has 1 rings (SSSR count). The van der Waals surface area contributed by atoms with Crippen LogP contribution in [0.2, 0.25) is 0 Å². The van der Waals surface area contributed by atoms with Crippen LogP contribution in [-0.2, 0) is 4.74 Å². The van der Waals surface area contributed by atoms with Gasteiger partial charge in [0, 0.05) is 13.7 Å². The van der Waals surface area contributed by atoms with Gasteiger partial charge in [-0.15, -0.1) is 0 Å². The number of ether oxygens (including phenoxy) is 1. The van der Waals surface area contributed by atoms with Crippen LogP contribution in [0.3, 0.4) is 0 Å². The zero-order valence-electron chi connectivity index (χ0n) is 7.13. The number of rotatable bonds is 0. The minimum absolute atomic E-state index is 0. The minimum atomic E-state index is 0. The molecule has 0 aromatic heterocycles. The third-order valence-electron chi connectivity index (χ3n) is 1.75. The first-order valence-corrected chi connectivity index (χ1v) is 3.85. The van der Waals surface area contributed by atoms with Crippen LogP contribution in [0, 0.1) is 5.92 Å². The lowest BCUT2D eigenvalue weighted by Gasteiger charge is -2.23. The second-order valence-corrected chi connectivity index (χ2v) is 2.81. The van der Waals surface area contributed by atoms with Gasteiger partial charge in [0.05, 0.1) is 6.10 Å². The molecule has 2 atom stereocenters. The van der Waals surface area contributed by atoms with Gasteiger partial charge in [0.2, 0.25) is 0 Å². The Hall–Kier alpha value is -0.0800. The summed E-state index contributed by atoms with van der Waals surface area (Å²) in [6, 6.07) is 0. The molecule has 1 aliphatic heterocycles. The van der Waals surface area contributed by atoms with E-state index >= 15 is 0 Å². The maximum absolute atomic E-state index is 7.00. The summed E-state index contributed by atoms with van der Waals surface area (Å²) < 4.78 is 5.35. The van der Waals surface area contributed by atoms with Crippen LogP contribution in [0.4, 0.5) is 0 Å². The third-order valence-corrected chi connectivity index (χ3v) is 1.75. The van der Waals surface area contributed by atoms with Crippen LogP contribution in [0.25, 0.3) is 0 Å². The first-order chi connectivity index (χ1) is 4.79. The average molecular weight is 162 g/mol. The molecular weight excluding hydrogens is 140 g/mol. The summed E-state index contributed by atoms with van der Waals surface area (Å²) in [6.07, 6.45) is 3.02. The summed E-state index contributed by atoms with van der Waals surface area (Å²) in [5.74, 6) is 0.888. The van der Waals surface area contributed by atoms with E-state index in [9.17, 15) is 0 Å². The fourth-order valence-corrected chi connectivity index (χ4v) is 1.22. The second kappa shape index (κ2) is 8.02. The Kier molecular flexibility index (Phi) is 9.85. The van der Waals surface area contributed by atoms with Gasteiger partial charge < -0.3 is 9.84 Å². The van der Waals surface area contributed by atoms with Crippen molar-refractivity contribution in [3.8, 4) is 0 Å². The average Bonchev–Trinajstić information content (AvgIpc) is 1.91. The van der Waals surface area contributed by atoms with Gasteiger partial charge in [0.25, 0.3) is 0 Å². The molecule has 0 aromatic carbocycles. The summed E-state index contributed by atoms with van der Waals surface area (Å²) in [6.45, 7) is 5.41. The molecule has 1 fully saturated rings. The molecule has 1 heterocycles. The highest BCUT2D eigenvalue weighted by Crippen LogP contribution is 2.18. The van der Waals surface area contributed by atoms with Gasteiger partial charge in [-0.2, -0.15) is 0 Å². The molecule has 11 heavy (non-hydrogen) atoms. The molecule has 2 heteroatoms. The summed E-state index contributed by atoms with van der Waals surface area (Å²) in [5, 5.41) is 7.00. The van der Waals surface area contributed by atoms with E-state index in [4.69, 9.17) is 9.84 Å². The van der Waals surface area contributed by atoms with E-state index < -0.39 is 0 Å². The normalized spacial score (nSPS) is 29.5. The summed E-state index contributed by atoms with van der Waals surface area (Å²) in [5.41, 5.74) is 0. The molecule has 2 unspecified atom stereocenters. The van der Waals surface area contributed by atoms with Gasteiger partial charge in [-0.1, -0.05) is 14.4 Å². The van der Waals surface area contributed by atoms with Crippen molar-refractivity contribution in [1.82, 2.24) is 0 Å². The van der Waals surface area contributed by atoms with Crippen molar-refractivity contribution in [2.75, 3.05) is 13.7 Å². The molecule has 70 valence electrons. The van der Waals surface area contributed by atoms with Crippen LogP contribution in [0.1, 0.15) is 34.1 Å². The van der Waals surface area contributed by atoms with Crippen LogP contribution in [0.5, 0.6) is 0 Å². The summed E-state index contributed by atoms with van der Waals surface area (Å²) >= 11 is 0. The molecular formula is C9H22O2. The van der Waals surface area contributed by atoms with Crippen molar-refractivity contribution in [1.29, 1.82) is 0 Å². The Morgan fingerprint density at radius 3 is 2.09 bits per heavy atom. The van der Waals surface area contributed by atoms with Gasteiger partial charge >= 0.3 is 0 Å². The number of aliphatic hydroxyl groups is 1. The van der Waals surface area contributed by atoms with Gasteiger partial charge in [0.1, 0.15) is 0 Å². The van der Waals surface area contributed by atoms with Crippen LogP contribution < -0.4 is 0 Å². The second-order valence-electron chi connectivity index (χ2n) is 2.81. The van der Waals surface area contributed by atoms with Gasteiger partial charge in [-0.3, -0.25) is 0 Å². The molecule has 1 saturated heterocycles. The Morgan fingerprint density at radius 1 is 1.27 bits per heavy atom. The first kappa shape index (κ1) is 13.5. The Morgan fingerprint density at radius 2 is 1.82 bits per heavy atom. The van der Waals surface area contributed by atoms with Gasteiger partial charge in [-0.05, 0) is 25.7 Å². The SMILES string of the molecule is C.CC1CCOC(C)C1.CO. The molecule has 0 radical (unpaired) electrons. The van der Waals surface area contributed by atoms with E-state index in [2.05, 4.69) is 13.8 Å². The number of hydrogen-bond acceptors (Lipinski definition) is 2. The fourth-order valence-electron chi connectivity index (χ4n) is 1.22. The van der Waals surface area contributed by atoms with Crippen LogP contribution >= 0.6 is 0 Å². The zero-order valence-corrected chi connectivity index (χ0v) is 7.13. The number of aliphatic hydroxyl groups excluding tert-OH is 1. The van der Waals surface area contributed by atoms with E-state index in [1.165, 1.54) is 12.8 Å². The standard InChI is InChI=1S/C7H14O.CH4O.CH4/c1-6-3-4-8-7(2)5-6;1-2;/h6-7H,3-5H2,1-2H3;2H,1H3;1H4. The van der Waals surface area contributed by atoms with Gasteiger partial charge in [-0.25, -0.2) is 0 Å². The third kappa shape index (κ3) is 6.32. The van der Waals surface area contributed by atoms with Crippen molar-refractivity contribution < 1.29 is 9.84 Å². The Balaban J connectivity index is 0. The highest BCUT2D eigenvalue weighted by molar-refractivity contribution is 4.63. The topological polar surface area (TPSA) is 29.5 Å². The van der Waals surface area contributed by atoms with E-state index in [0.29, 0.717) is 6.10 Å². The molecule has 1 N–H and O–H groups in total. The molecule has 0 bridgehead atoms. The smallest absolute Gasteiger partial charge is 0.0549 e. The molecule has 0 saturated carbocycles. The van der Waals surface area contributed by atoms with Gasteiger partial charge in [0.15, 0.2) is 0 Å². The molecule has 1 aliphatic rings. The monoisotopic (exact) mass is 162 g/mol. The summed E-state index contributed by atoms with van der Waals surface area (Å²) in [7, 11) is 1.00. The lowest BCUT2D eigenvalue weighted by Crippen LogP contribution is -2.20. The predicted octanol–water partition coefficient (Wildman–Crippen LogP) is 2.07. The lowest BCUT2D eigenvalue weighted by atomic mass is 9.99. The minimum Gasteiger partial charge on any atom is -0.400 e. The lowest BCUT2D eigenvalue weighted by molar-refractivity contribution is 0.00682. The fraction of sp³-hybridized carbons (Fsp3) is 1.00. The molecule has 0 aromatic rings. The summed E-state index contributed by atoms with van der Waals surface area (Å²) in [4.78, 5) is 0. The van der Waals surface area contributed by atoms with E-state index in [1.54, 1.807) is 0 Å². The molecule has 0 aliphatic carbocycles. The maximum atomic E-state index is 7.00. The van der Waals surface area contributed by atoms with Crippen LogP contribution in [-0.4, -0.2) is 24.9 Å². The van der Waals surface area contributed by atoms with Crippen molar-refractivity contribution in [3.05, 3.63) is 0 Å². The zero-order chi connectivity index (χ0) is 7.98. The quantitative estimate of drug-likeness (QED) is 0.591. The largest absolute Gasteiger partial charge is 0.400 e. The molecule has 2 nitrogen and oxygen atoms in total. The first-order valence-electron chi connectivity index (χ1n) is 3.85. The highest BCUT2D eigenvalue weighted by atomic mass is 16.5. The molecule has 0 spiro atoms. The Bertz CT molecular complexity index is 66.0. The predicted molar refractivity (Wildman–Crippen MR) is 48.7 cm³/mol. The Labute approximate surface area is 70.6 Å². The molecule has 0 amide bonds.